The van der Waals surface area contributed by atoms with Gasteiger partial charge >= 0.3 is 5.97 Å². The van der Waals surface area contributed by atoms with E-state index in [4.69, 9.17) is 0 Å². The number of methoxy groups -OCH3 is 1. The third-order valence-corrected chi connectivity index (χ3v) is 1.55. The highest BCUT2D eigenvalue weighted by molar-refractivity contribution is 9.10. The number of aromatic nitrogens is 1. The predicted molar refractivity (Wildman–Crippen MR) is 54.6 cm³/mol. The van der Waals surface area contributed by atoms with Gasteiger partial charge < -0.3 is 4.74 Å². The van der Waals surface area contributed by atoms with Crippen molar-refractivity contribution < 1.29 is 9.53 Å². The first-order valence-electron chi connectivity index (χ1n) is 3.95. The lowest BCUT2D eigenvalue weighted by molar-refractivity contribution is 0.0594. The maximum absolute atomic E-state index is 10.9. The van der Waals surface area contributed by atoms with Gasteiger partial charge in [-0.3, -0.25) is 0 Å². The summed E-state index contributed by atoms with van der Waals surface area (Å²) in [6.07, 6.45) is 0. The molecule has 1 rings (SSSR count). The number of carbonyl (C=O) groups is 1. The summed E-state index contributed by atoms with van der Waals surface area (Å²) in [6, 6.07) is 5.06. The molecule has 4 heteroatoms. The second-order valence-electron chi connectivity index (χ2n) is 1.84. The Balaban J connectivity index is 0.000000671. The van der Waals surface area contributed by atoms with E-state index >= 15 is 0 Å². The second kappa shape index (κ2) is 6.60. The van der Waals surface area contributed by atoms with Gasteiger partial charge in [-0.25, -0.2) is 9.78 Å². The van der Waals surface area contributed by atoms with Crippen LogP contribution in [0.4, 0.5) is 0 Å². The SMILES string of the molecule is CC.COC(=O)c1cccc(Br)n1. The number of halogens is 1. The fraction of sp³-hybridized carbons (Fsp3) is 0.333. The lowest BCUT2D eigenvalue weighted by atomic mass is 10.4. The summed E-state index contributed by atoms with van der Waals surface area (Å²) >= 11 is 3.14. The highest BCUT2D eigenvalue weighted by atomic mass is 79.9. The Kier molecular flexibility index (Phi) is 6.14. The fourth-order valence-electron chi connectivity index (χ4n) is 0.627. The Morgan fingerprint density at radius 1 is 1.46 bits per heavy atom. The van der Waals surface area contributed by atoms with Gasteiger partial charge in [0, 0.05) is 0 Å². The van der Waals surface area contributed by atoms with Crippen LogP contribution in [0.3, 0.4) is 0 Å². The standard InChI is InChI=1S/C7H6BrNO2.C2H6/c1-11-7(10)5-3-2-4-6(8)9-5;1-2/h2-4H,1H3;1-2H3. The molecular formula is C9H12BrNO2. The zero-order valence-electron chi connectivity index (χ0n) is 7.87. The molecule has 0 spiro atoms. The van der Waals surface area contributed by atoms with Gasteiger partial charge in [0.05, 0.1) is 7.11 Å². The summed E-state index contributed by atoms with van der Waals surface area (Å²) in [6.45, 7) is 4.00. The van der Waals surface area contributed by atoms with Gasteiger partial charge in [-0.2, -0.15) is 0 Å². The van der Waals surface area contributed by atoms with Crippen LogP contribution in [-0.2, 0) is 4.74 Å². The third kappa shape index (κ3) is 4.03. The second-order valence-corrected chi connectivity index (χ2v) is 2.65. The number of pyridine rings is 1. The van der Waals surface area contributed by atoms with Crippen LogP contribution >= 0.6 is 15.9 Å². The Labute approximate surface area is 86.3 Å². The number of hydrogen-bond acceptors (Lipinski definition) is 3. The van der Waals surface area contributed by atoms with E-state index in [0.29, 0.717) is 10.3 Å². The Morgan fingerprint density at radius 3 is 2.54 bits per heavy atom. The van der Waals surface area contributed by atoms with E-state index in [1.807, 2.05) is 13.8 Å². The molecule has 1 aromatic rings. The first kappa shape index (κ1) is 12.1. The summed E-state index contributed by atoms with van der Waals surface area (Å²) < 4.78 is 5.09. The summed E-state index contributed by atoms with van der Waals surface area (Å²) in [5.41, 5.74) is 0.307. The minimum atomic E-state index is -0.425. The zero-order chi connectivity index (χ0) is 10.3. The molecule has 0 saturated carbocycles. The molecule has 13 heavy (non-hydrogen) atoms. The highest BCUT2D eigenvalue weighted by Crippen LogP contribution is 2.06. The minimum Gasteiger partial charge on any atom is -0.464 e. The Bertz CT molecular complexity index is 276. The molecule has 1 aromatic heterocycles. The largest absolute Gasteiger partial charge is 0.464 e. The summed E-state index contributed by atoms with van der Waals surface area (Å²) in [5, 5.41) is 0. The molecule has 0 saturated heterocycles. The average molecular weight is 246 g/mol. The molecular weight excluding hydrogens is 234 g/mol. The molecule has 0 aromatic carbocycles. The van der Waals surface area contributed by atoms with Crippen molar-refractivity contribution in [1.82, 2.24) is 4.98 Å². The molecule has 0 fully saturated rings. The predicted octanol–water partition coefficient (Wildman–Crippen LogP) is 2.66. The van der Waals surface area contributed by atoms with E-state index in [0.717, 1.165) is 0 Å². The number of rotatable bonds is 1. The van der Waals surface area contributed by atoms with Gasteiger partial charge in [0.15, 0.2) is 0 Å². The number of ether oxygens (including phenoxy) is 1. The van der Waals surface area contributed by atoms with Crippen molar-refractivity contribution >= 4 is 21.9 Å². The van der Waals surface area contributed by atoms with Crippen molar-refractivity contribution in [3.05, 3.63) is 28.5 Å². The van der Waals surface area contributed by atoms with Crippen LogP contribution in [0.5, 0.6) is 0 Å². The fourth-order valence-corrected chi connectivity index (χ4v) is 0.970. The van der Waals surface area contributed by atoms with Crippen molar-refractivity contribution in [2.24, 2.45) is 0 Å². The number of nitrogens with zero attached hydrogens (tertiary/aromatic N) is 1. The summed E-state index contributed by atoms with van der Waals surface area (Å²) in [5.74, 6) is -0.425. The van der Waals surface area contributed by atoms with E-state index in [1.54, 1.807) is 18.2 Å². The van der Waals surface area contributed by atoms with Crippen molar-refractivity contribution in [2.45, 2.75) is 13.8 Å². The van der Waals surface area contributed by atoms with Gasteiger partial charge in [0.1, 0.15) is 10.3 Å². The lowest BCUT2D eigenvalue weighted by Gasteiger charge is -1.96. The molecule has 72 valence electrons. The molecule has 0 unspecified atom stereocenters. The number of esters is 1. The molecule has 0 amide bonds. The lowest BCUT2D eigenvalue weighted by Crippen LogP contribution is -2.03. The normalized spacial score (nSPS) is 8.31. The van der Waals surface area contributed by atoms with E-state index in [9.17, 15) is 4.79 Å². The van der Waals surface area contributed by atoms with Crippen molar-refractivity contribution in [3.63, 3.8) is 0 Å². The van der Waals surface area contributed by atoms with Crippen molar-refractivity contribution in [1.29, 1.82) is 0 Å². The molecule has 0 atom stereocenters. The van der Waals surface area contributed by atoms with Gasteiger partial charge in [-0.1, -0.05) is 19.9 Å². The zero-order valence-corrected chi connectivity index (χ0v) is 9.46. The number of hydrogen-bond donors (Lipinski definition) is 0. The van der Waals surface area contributed by atoms with Crippen molar-refractivity contribution in [3.8, 4) is 0 Å². The molecule has 0 aliphatic heterocycles. The number of carbonyl (C=O) groups excluding carboxylic acids is 1. The van der Waals surface area contributed by atoms with E-state index in [-0.39, 0.29) is 0 Å². The van der Waals surface area contributed by atoms with Gasteiger partial charge in [0.25, 0.3) is 0 Å². The molecule has 0 radical (unpaired) electrons. The molecule has 0 aliphatic rings. The average Bonchev–Trinajstić information content (AvgIpc) is 2.20. The first-order chi connectivity index (χ1) is 6.24. The smallest absolute Gasteiger partial charge is 0.356 e. The Hall–Kier alpha value is -0.900. The van der Waals surface area contributed by atoms with Crippen LogP contribution in [0.1, 0.15) is 24.3 Å². The van der Waals surface area contributed by atoms with E-state index in [1.165, 1.54) is 7.11 Å². The van der Waals surface area contributed by atoms with Crippen LogP contribution < -0.4 is 0 Å². The van der Waals surface area contributed by atoms with Crippen LogP contribution in [-0.4, -0.2) is 18.1 Å². The minimum absolute atomic E-state index is 0.307. The molecule has 1 heterocycles. The van der Waals surface area contributed by atoms with Gasteiger partial charge in [-0.05, 0) is 28.1 Å². The molecule has 0 bridgehead atoms. The van der Waals surface area contributed by atoms with Crippen LogP contribution in [0.15, 0.2) is 22.8 Å². The molecule has 3 nitrogen and oxygen atoms in total. The molecule has 0 aliphatic carbocycles. The van der Waals surface area contributed by atoms with Crippen LogP contribution in [0, 0.1) is 0 Å². The maximum Gasteiger partial charge on any atom is 0.356 e. The molecule has 0 N–H and O–H groups in total. The first-order valence-corrected chi connectivity index (χ1v) is 4.74. The highest BCUT2D eigenvalue weighted by Gasteiger charge is 2.05. The van der Waals surface area contributed by atoms with Crippen LogP contribution in [0.25, 0.3) is 0 Å². The van der Waals surface area contributed by atoms with E-state index < -0.39 is 5.97 Å². The van der Waals surface area contributed by atoms with E-state index in [2.05, 4.69) is 25.7 Å². The maximum atomic E-state index is 10.9. The quantitative estimate of drug-likeness (QED) is 0.564. The van der Waals surface area contributed by atoms with Gasteiger partial charge in [-0.15, -0.1) is 0 Å². The Morgan fingerprint density at radius 2 is 2.08 bits per heavy atom. The van der Waals surface area contributed by atoms with Crippen molar-refractivity contribution in [2.75, 3.05) is 7.11 Å². The summed E-state index contributed by atoms with van der Waals surface area (Å²) in [4.78, 5) is 14.7. The third-order valence-electron chi connectivity index (χ3n) is 1.11. The summed E-state index contributed by atoms with van der Waals surface area (Å²) in [7, 11) is 1.32. The topological polar surface area (TPSA) is 39.2 Å². The van der Waals surface area contributed by atoms with Crippen LogP contribution in [0.2, 0.25) is 0 Å². The monoisotopic (exact) mass is 245 g/mol. The van der Waals surface area contributed by atoms with Gasteiger partial charge in [0.2, 0.25) is 0 Å².